The van der Waals surface area contributed by atoms with Crippen molar-refractivity contribution in [3.8, 4) is 0 Å². The highest BCUT2D eigenvalue weighted by Gasteiger charge is 2.21. The molecular weight excluding hydrogens is 288 g/mol. The first-order valence-electron chi connectivity index (χ1n) is 6.15. The summed E-state index contributed by atoms with van der Waals surface area (Å²) < 4.78 is 14.5. The highest BCUT2D eigenvalue weighted by molar-refractivity contribution is 5.90. The molecule has 0 saturated heterocycles. The molecule has 0 aromatic heterocycles. The lowest BCUT2D eigenvalue weighted by atomic mass is 10.3. The second kappa shape index (κ2) is 9.70. The van der Waals surface area contributed by atoms with Crippen LogP contribution < -0.4 is 0 Å². The third kappa shape index (κ3) is 9.38. The van der Waals surface area contributed by atoms with Gasteiger partial charge in [-0.05, 0) is 6.42 Å². The zero-order valence-corrected chi connectivity index (χ0v) is 11.7. The summed E-state index contributed by atoms with van der Waals surface area (Å²) in [4.78, 5) is 43.0. The minimum absolute atomic E-state index is 0.209. The smallest absolute Gasteiger partial charge is 0.332 e. The van der Waals surface area contributed by atoms with Crippen molar-refractivity contribution in [2.24, 2.45) is 0 Å². The van der Waals surface area contributed by atoms with Crippen LogP contribution in [0.2, 0.25) is 0 Å². The molecule has 2 N–H and O–H groups in total. The van der Waals surface area contributed by atoms with Crippen LogP contribution in [-0.2, 0) is 33.4 Å². The lowest BCUT2D eigenvalue weighted by molar-refractivity contribution is -0.168. The molecule has 21 heavy (non-hydrogen) atoms. The number of ether oxygens (including phenoxy) is 3. The molecule has 0 radical (unpaired) electrons. The van der Waals surface area contributed by atoms with Crippen LogP contribution in [0.15, 0.2) is 0 Å². The van der Waals surface area contributed by atoms with Crippen LogP contribution in [-0.4, -0.2) is 59.5 Å². The van der Waals surface area contributed by atoms with E-state index in [1.165, 1.54) is 0 Å². The van der Waals surface area contributed by atoms with Crippen LogP contribution in [0.5, 0.6) is 0 Å². The normalized spacial score (nSPS) is 13.0. The Balaban J connectivity index is 4.38. The van der Waals surface area contributed by atoms with Crippen molar-refractivity contribution in [2.45, 2.75) is 38.9 Å². The Morgan fingerprint density at radius 1 is 1.10 bits per heavy atom. The van der Waals surface area contributed by atoms with Gasteiger partial charge in [0.15, 0.2) is 12.2 Å². The van der Waals surface area contributed by atoms with Gasteiger partial charge in [-0.15, -0.1) is 0 Å². The molecule has 9 heteroatoms. The van der Waals surface area contributed by atoms with Crippen LogP contribution in [0.3, 0.4) is 0 Å². The van der Waals surface area contributed by atoms with E-state index in [4.69, 9.17) is 19.7 Å². The average Bonchev–Trinajstić information content (AvgIpc) is 2.34. The number of aliphatic carboxylic acids is 2. The van der Waals surface area contributed by atoms with E-state index in [0.29, 0.717) is 0 Å². The lowest BCUT2D eigenvalue weighted by Crippen LogP contribution is -2.33. The molecular formula is C12H18O9. The molecule has 0 aliphatic heterocycles. The number of hydrogen-bond acceptors (Lipinski definition) is 7. The third-order valence-electron chi connectivity index (χ3n) is 2.19. The largest absolute Gasteiger partial charge is 0.481 e. The van der Waals surface area contributed by atoms with Crippen LogP contribution in [0, 0.1) is 0 Å². The zero-order valence-electron chi connectivity index (χ0n) is 11.7. The average molecular weight is 306 g/mol. The Bertz CT molecular complexity index is 390. The Labute approximate surface area is 120 Å². The molecule has 0 rings (SSSR count). The molecule has 0 aromatic rings. The van der Waals surface area contributed by atoms with Gasteiger partial charge in [-0.3, -0.25) is 14.4 Å². The van der Waals surface area contributed by atoms with E-state index in [-0.39, 0.29) is 13.0 Å². The summed E-state index contributed by atoms with van der Waals surface area (Å²) in [7, 11) is 0. The third-order valence-corrected chi connectivity index (χ3v) is 2.19. The molecule has 0 aliphatic rings. The van der Waals surface area contributed by atoms with Crippen LogP contribution in [0.1, 0.15) is 26.7 Å². The molecule has 0 aliphatic carbocycles. The summed E-state index contributed by atoms with van der Waals surface area (Å²) in [5, 5.41) is 17.2. The van der Waals surface area contributed by atoms with Crippen molar-refractivity contribution >= 4 is 23.9 Å². The predicted octanol–water partition coefficient (Wildman–Crippen LogP) is -0.184. The predicted molar refractivity (Wildman–Crippen MR) is 66.4 cm³/mol. The van der Waals surface area contributed by atoms with Gasteiger partial charge in [-0.1, -0.05) is 6.92 Å². The Kier molecular flexibility index (Phi) is 8.70. The van der Waals surface area contributed by atoms with Crippen LogP contribution >= 0.6 is 0 Å². The maximum Gasteiger partial charge on any atom is 0.332 e. The second-order valence-corrected chi connectivity index (χ2v) is 4.05. The highest BCUT2D eigenvalue weighted by atomic mass is 16.6. The fraction of sp³-hybridized carbons (Fsp3) is 0.667. The van der Waals surface area contributed by atoms with Crippen molar-refractivity contribution in [3.63, 3.8) is 0 Å². The van der Waals surface area contributed by atoms with Gasteiger partial charge in [0.25, 0.3) is 0 Å². The lowest BCUT2D eigenvalue weighted by Gasteiger charge is -2.19. The number of hydrogen-bond donors (Lipinski definition) is 2. The van der Waals surface area contributed by atoms with Crippen molar-refractivity contribution in [3.05, 3.63) is 0 Å². The zero-order chi connectivity index (χ0) is 16.4. The minimum Gasteiger partial charge on any atom is -0.481 e. The second-order valence-electron chi connectivity index (χ2n) is 4.05. The standard InChI is InChI=1S/C12H18O9/c1-3-9(12(17)18)19-5-8(21-7(2)13)6-20-11(16)4-10(14)15/h8-9H,3-6H2,1-2H3,(H,14,15)(H,17,18). The van der Waals surface area contributed by atoms with E-state index in [9.17, 15) is 19.2 Å². The van der Waals surface area contributed by atoms with Gasteiger partial charge < -0.3 is 24.4 Å². The molecule has 2 atom stereocenters. The van der Waals surface area contributed by atoms with Gasteiger partial charge in [-0.25, -0.2) is 4.79 Å². The summed E-state index contributed by atoms with van der Waals surface area (Å²) in [6, 6.07) is 0. The van der Waals surface area contributed by atoms with Crippen molar-refractivity contribution < 1.29 is 43.6 Å². The minimum atomic E-state index is -1.35. The first-order chi connectivity index (χ1) is 9.76. The molecule has 0 spiro atoms. The fourth-order valence-electron chi connectivity index (χ4n) is 1.30. The summed E-state index contributed by atoms with van der Waals surface area (Å²) in [6.07, 6.45) is -2.69. The summed E-state index contributed by atoms with van der Waals surface area (Å²) >= 11 is 0. The molecule has 120 valence electrons. The monoisotopic (exact) mass is 306 g/mol. The number of carbonyl (C=O) groups is 4. The van der Waals surface area contributed by atoms with Gasteiger partial charge in [0, 0.05) is 6.92 Å². The Morgan fingerprint density at radius 3 is 2.14 bits per heavy atom. The van der Waals surface area contributed by atoms with E-state index in [2.05, 4.69) is 4.74 Å². The molecule has 0 bridgehead atoms. The SMILES string of the molecule is CCC(OCC(COC(=O)CC(=O)O)OC(C)=O)C(=O)O. The Morgan fingerprint density at radius 2 is 1.71 bits per heavy atom. The summed E-state index contributed by atoms with van der Waals surface area (Å²) in [5.74, 6) is -4.18. The number of esters is 2. The first kappa shape index (κ1) is 18.8. The van der Waals surface area contributed by atoms with E-state index in [0.717, 1.165) is 6.92 Å². The topological polar surface area (TPSA) is 136 Å². The van der Waals surface area contributed by atoms with Gasteiger partial charge in [0.05, 0.1) is 6.61 Å². The Hall–Kier alpha value is -2.16. The quantitative estimate of drug-likeness (QED) is 0.415. The van der Waals surface area contributed by atoms with E-state index >= 15 is 0 Å². The van der Waals surface area contributed by atoms with E-state index < -0.39 is 49.1 Å². The summed E-state index contributed by atoms with van der Waals surface area (Å²) in [6.45, 7) is 2.03. The van der Waals surface area contributed by atoms with E-state index in [1.54, 1.807) is 6.92 Å². The van der Waals surface area contributed by atoms with Gasteiger partial charge in [0.1, 0.15) is 13.0 Å². The summed E-state index contributed by atoms with van der Waals surface area (Å²) in [5.41, 5.74) is 0. The van der Waals surface area contributed by atoms with Crippen molar-refractivity contribution in [1.29, 1.82) is 0 Å². The molecule has 0 saturated carbocycles. The highest BCUT2D eigenvalue weighted by Crippen LogP contribution is 2.04. The fourth-order valence-corrected chi connectivity index (χ4v) is 1.30. The van der Waals surface area contributed by atoms with Gasteiger partial charge in [-0.2, -0.15) is 0 Å². The van der Waals surface area contributed by atoms with Crippen LogP contribution in [0.4, 0.5) is 0 Å². The molecule has 0 fully saturated rings. The molecule has 0 aromatic carbocycles. The van der Waals surface area contributed by atoms with Crippen molar-refractivity contribution in [1.82, 2.24) is 0 Å². The molecule has 0 heterocycles. The van der Waals surface area contributed by atoms with Gasteiger partial charge >= 0.3 is 23.9 Å². The van der Waals surface area contributed by atoms with Crippen LogP contribution in [0.25, 0.3) is 0 Å². The molecule has 9 nitrogen and oxygen atoms in total. The number of carboxylic acid groups (broad SMARTS) is 2. The van der Waals surface area contributed by atoms with Crippen molar-refractivity contribution in [2.75, 3.05) is 13.2 Å². The molecule has 0 amide bonds. The first-order valence-corrected chi connectivity index (χ1v) is 6.15. The molecule has 2 unspecified atom stereocenters. The van der Waals surface area contributed by atoms with Gasteiger partial charge in [0.2, 0.25) is 0 Å². The maximum atomic E-state index is 11.1. The number of rotatable bonds is 10. The number of carbonyl (C=O) groups excluding carboxylic acids is 2. The van der Waals surface area contributed by atoms with E-state index in [1.807, 2.05) is 0 Å². The number of carboxylic acids is 2. The maximum absolute atomic E-state index is 11.1.